The van der Waals surface area contributed by atoms with Crippen LogP contribution in [0, 0.1) is 0 Å². The van der Waals surface area contributed by atoms with E-state index in [4.69, 9.17) is 0 Å². The molecule has 0 aliphatic carbocycles. The Balaban J connectivity index is 2.04. The molecule has 1 aromatic heterocycles. The van der Waals surface area contributed by atoms with E-state index in [1.54, 1.807) is 24.3 Å². The molecule has 0 saturated carbocycles. The van der Waals surface area contributed by atoms with E-state index in [1.807, 2.05) is 43.3 Å². The SMILES string of the molecule is CN(C)c1ccccc1CS(=O)c1nc2ccccc2n1C(=O)O. The normalized spacial score (nSPS) is 12.2. The van der Waals surface area contributed by atoms with Gasteiger partial charge in [0, 0.05) is 19.8 Å². The van der Waals surface area contributed by atoms with Gasteiger partial charge in [0.2, 0.25) is 5.16 Å². The van der Waals surface area contributed by atoms with Gasteiger partial charge in [0.25, 0.3) is 0 Å². The van der Waals surface area contributed by atoms with Crippen molar-refractivity contribution in [1.29, 1.82) is 0 Å². The number of para-hydroxylation sites is 3. The predicted octanol–water partition coefficient (Wildman–Crippen LogP) is 2.94. The van der Waals surface area contributed by atoms with Crippen molar-refractivity contribution >= 4 is 33.6 Å². The summed E-state index contributed by atoms with van der Waals surface area (Å²) < 4.78 is 13.8. The van der Waals surface area contributed by atoms with Gasteiger partial charge in [0.05, 0.1) is 27.6 Å². The number of imidazole rings is 1. The zero-order valence-corrected chi connectivity index (χ0v) is 14.2. The van der Waals surface area contributed by atoms with Gasteiger partial charge in [-0.05, 0) is 23.8 Å². The highest BCUT2D eigenvalue weighted by atomic mass is 32.2. The Bertz CT molecular complexity index is 934. The fourth-order valence-electron chi connectivity index (χ4n) is 2.62. The molecule has 0 aliphatic heterocycles. The van der Waals surface area contributed by atoms with Crippen LogP contribution in [-0.4, -0.2) is 39.1 Å². The summed E-state index contributed by atoms with van der Waals surface area (Å²) in [6.45, 7) is 0. The highest BCUT2D eigenvalue weighted by Crippen LogP contribution is 2.24. The van der Waals surface area contributed by atoms with Gasteiger partial charge in [-0.15, -0.1) is 0 Å². The summed E-state index contributed by atoms with van der Waals surface area (Å²) in [7, 11) is 2.24. The van der Waals surface area contributed by atoms with Crippen LogP contribution >= 0.6 is 0 Å². The van der Waals surface area contributed by atoms with Gasteiger partial charge in [-0.25, -0.2) is 14.3 Å². The molecule has 3 rings (SSSR count). The summed E-state index contributed by atoms with van der Waals surface area (Å²) >= 11 is 0. The van der Waals surface area contributed by atoms with Crippen molar-refractivity contribution in [1.82, 2.24) is 9.55 Å². The van der Waals surface area contributed by atoms with E-state index >= 15 is 0 Å². The average molecular weight is 343 g/mol. The quantitative estimate of drug-likeness (QED) is 0.788. The Kier molecular flexibility index (Phi) is 4.35. The Hall–Kier alpha value is -2.67. The molecule has 1 atom stereocenters. The first-order chi connectivity index (χ1) is 11.5. The average Bonchev–Trinajstić information content (AvgIpc) is 2.95. The second-order valence-electron chi connectivity index (χ2n) is 5.51. The molecule has 1 unspecified atom stereocenters. The lowest BCUT2D eigenvalue weighted by molar-refractivity contribution is 0.195. The van der Waals surface area contributed by atoms with Crippen molar-refractivity contribution in [3.63, 3.8) is 0 Å². The van der Waals surface area contributed by atoms with Crippen molar-refractivity contribution in [2.45, 2.75) is 10.9 Å². The van der Waals surface area contributed by atoms with Gasteiger partial charge in [0.15, 0.2) is 0 Å². The molecule has 1 heterocycles. The Morgan fingerprint density at radius 2 is 1.83 bits per heavy atom. The molecule has 6 nitrogen and oxygen atoms in total. The number of carbonyl (C=O) groups is 1. The molecule has 3 aromatic rings. The van der Waals surface area contributed by atoms with Crippen molar-refractivity contribution in [2.24, 2.45) is 0 Å². The van der Waals surface area contributed by atoms with E-state index in [1.165, 1.54) is 0 Å². The first kappa shape index (κ1) is 16.2. The van der Waals surface area contributed by atoms with Gasteiger partial charge < -0.3 is 10.0 Å². The molecule has 0 fully saturated rings. The molecule has 0 radical (unpaired) electrons. The third-order valence-electron chi connectivity index (χ3n) is 3.68. The summed E-state index contributed by atoms with van der Waals surface area (Å²) in [4.78, 5) is 17.8. The fourth-order valence-corrected chi connectivity index (χ4v) is 3.85. The van der Waals surface area contributed by atoms with Crippen LogP contribution in [0.4, 0.5) is 10.5 Å². The molecule has 1 N–H and O–H groups in total. The van der Waals surface area contributed by atoms with Crippen LogP contribution in [-0.2, 0) is 16.6 Å². The van der Waals surface area contributed by atoms with E-state index in [9.17, 15) is 14.1 Å². The van der Waals surface area contributed by atoms with Crippen LogP contribution in [0.15, 0.2) is 53.7 Å². The zero-order valence-electron chi connectivity index (χ0n) is 13.3. The molecule has 7 heteroatoms. The minimum absolute atomic E-state index is 0.0530. The van der Waals surface area contributed by atoms with E-state index < -0.39 is 16.9 Å². The summed E-state index contributed by atoms with van der Waals surface area (Å²) in [6, 6.07) is 14.5. The Morgan fingerprint density at radius 3 is 2.54 bits per heavy atom. The summed E-state index contributed by atoms with van der Waals surface area (Å²) in [5.41, 5.74) is 2.78. The fraction of sp³-hybridized carbons (Fsp3) is 0.176. The first-order valence-corrected chi connectivity index (χ1v) is 8.65. The molecule has 24 heavy (non-hydrogen) atoms. The number of fused-ring (bicyclic) bond motifs is 1. The van der Waals surface area contributed by atoms with E-state index in [0.717, 1.165) is 15.8 Å². The van der Waals surface area contributed by atoms with Gasteiger partial charge in [-0.2, -0.15) is 0 Å². The van der Waals surface area contributed by atoms with Crippen LogP contribution < -0.4 is 4.90 Å². The molecule has 0 bridgehead atoms. The number of nitrogens with zero attached hydrogens (tertiary/aromatic N) is 3. The van der Waals surface area contributed by atoms with Crippen LogP contribution in [0.2, 0.25) is 0 Å². The van der Waals surface area contributed by atoms with Crippen molar-refractivity contribution in [2.75, 3.05) is 19.0 Å². The number of hydrogen-bond donors (Lipinski definition) is 1. The number of rotatable bonds is 4. The summed E-state index contributed by atoms with van der Waals surface area (Å²) in [5.74, 6) is 0.199. The monoisotopic (exact) mass is 343 g/mol. The lowest BCUT2D eigenvalue weighted by atomic mass is 10.2. The van der Waals surface area contributed by atoms with Crippen molar-refractivity contribution in [3.8, 4) is 0 Å². The lowest BCUT2D eigenvalue weighted by Gasteiger charge is -2.16. The number of benzene rings is 2. The van der Waals surface area contributed by atoms with Crippen molar-refractivity contribution < 1.29 is 14.1 Å². The van der Waals surface area contributed by atoms with Crippen LogP contribution in [0.3, 0.4) is 0 Å². The van der Waals surface area contributed by atoms with Gasteiger partial charge in [-0.1, -0.05) is 30.3 Å². The maximum Gasteiger partial charge on any atom is 0.418 e. The third kappa shape index (κ3) is 2.90. The highest BCUT2D eigenvalue weighted by molar-refractivity contribution is 7.84. The highest BCUT2D eigenvalue weighted by Gasteiger charge is 2.21. The van der Waals surface area contributed by atoms with Gasteiger partial charge in [-0.3, -0.25) is 4.21 Å². The maximum atomic E-state index is 12.8. The van der Waals surface area contributed by atoms with Gasteiger partial charge in [0.1, 0.15) is 0 Å². The molecule has 0 saturated heterocycles. The molecule has 2 aromatic carbocycles. The molecule has 0 spiro atoms. The summed E-state index contributed by atoms with van der Waals surface area (Å²) in [5, 5.41) is 9.54. The molecular formula is C17H17N3O3S. The minimum Gasteiger partial charge on any atom is -0.464 e. The predicted molar refractivity (Wildman–Crippen MR) is 94.0 cm³/mol. The van der Waals surface area contributed by atoms with Crippen LogP contribution in [0.25, 0.3) is 11.0 Å². The second-order valence-corrected chi connectivity index (χ2v) is 6.86. The van der Waals surface area contributed by atoms with E-state index in [-0.39, 0.29) is 10.9 Å². The summed E-state index contributed by atoms with van der Waals surface area (Å²) in [6.07, 6.45) is -1.19. The van der Waals surface area contributed by atoms with Gasteiger partial charge >= 0.3 is 6.09 Å². The largest absolute Gasteiger partial charge is 0.464 e. The van der Waals surface area contributed by atoms with E-state index in [0.29, 0.717) is 11.0 Å². The standard InChI is InChI=1S/C17H17N3O3S/c1-19(2)14-9-5-3-7-12(14)11-24(23)16-18-13-8-4-6-10-15(13)20(16)17(21)22/h3-10H,11H2,1-2H3,(H,21,22). The second kappa shape index (κ2) is 6.45. The minimum atomic E-state index is -1.58. The number of hydrogen-bond acceptors (Lipinski definition) is 4. The lowest BCUT2D eigenvalue weighted by Crippen LogP contribution is -2.16. The third-order valence-corrected chi connectivity index (χ3v) is 4.94. The molecule has 0 amide bonds. The smallest absolute Gasteiger partial charge is 0.418 e. The molecule has 124 valence electrons. The number of aromatic nitrogens is 2. The van der Waals surface area contributed by atoms with Crippen molar-refractivity contribution in [3.05, 3.63) is 54.1 Å². The van der Waals surface area contributed by atoms with Crippen LogP contribution in [0.5, 0.6) is 0 Å². The maximum absolute atomic E-state index is 12.8. The molecular weight excluding hydrogens is 326 g/mol. The topological polar surface area (TPSA) is 75.4 Å². The Labute approximate surface area is 141 Å². The molecule has 0 aliphatic rings. The van der Waals surface area contributed by atoms with E-state index in [2.05, 4.69) is 4.98 Å². The zero-order chi connectivity index (χ0) is 17.3. The first-order valence-electron chi connectivity index (χ1n) is 7.33. The van der Waals surface area contributed by atoms with Crippen LogP contribution in [0.1, 0.15) is 5.56 Å². The number of anilines is 1. The number of carboxylic acid groups (broad SMARTS) is 1. The Morgan fingerprint density at radius 1 is 1.17 bits per heavy atom.